The first kappa shape index (κ1) is 27.1. The van der Waals surface area contributed by atoms with Gasteiger partial charge in [-0.15, -0.1) is 0 Å². The Morgan fingerprint density at radius 3 is 2.41 bits per heavy atom. The molecule has 0 aliphatic heterocycles. The Hall–Kier alpha value is -3.14. The fraction of sp³-hybridized carbons (Fsp3) is 0.542. The van der Waals surface area contributed by atoms with Crippen LogP contribution in [0.1, 0.15) is 46.0 Å². The fourth-order valence-electron chi connectivity index (χ4n) is 3.50. The highest BCUT2D eigenvalue weighted by Gasteiger charge is 2.24. The zero-order chi connectivity index (χ0) is 25.1. The highest BCUT2D eigenvalue weighted by Crippen LogP contribution is 2.19. The van der Waals surface area contributed by atoms with Crippen molar-refractivity contribution in [2.24, 2.45) is 0 Å². The monoisotopic (exact) mass is 477 g/mol. The Morgan fingerprint density at radius 2 is 1.76 bits per heavy atom. The highest BCUT2D eigenvalue weighted by molar-refractivity contribution is 5.96. The number of nitrogen functional groups attached to an aromatic ring is 1. The number of rotatable bonds is 14. The third-order valence-corrected chi connectivity index (χ3v) is 5.47. The summed E-state index contributed by atoms with van der Waals surface area (Å²) in [4.78, 5) is 43.7. The third-order valence-electron chi connectivity index (χ3n) is 5.47. The van der Waals surface area contributed by atoms with Gasteiger partial charge in [-0.1, -0.05) is 33.1 Å². The second-order valence-electron chi connectivity index (χ2n) is 8.29. The topological polar surface area (TPSA) is 114 Å². The van der Waals surface area contributed by atoms with Crippen LogP contribution in [0, 0.1) is 5.82 Å². The van der Waals surface area contributed by atoms with E-state index < -0.39 is 11.2 Å². The normalized spacial score (nSPS) is 11.1. The van der Waals surface area contributed by atoms with E-state index in [0.29, 0.717) is 38.4 Å². The number of hydrogen-bond donors (Lipinski definition) is 2. The van der Waals surface area contributed by atoms with E-state index in [0.717, 1.165) is 25.7 Å². The molecule has 1 amide bonds. The second-order valence-corrected chi connectivity index (χ2v) is 8.29. The van der Waals surface area contributed by atoms with Crippen molar-refractivity contribution in [3.8, 4) is 5.75 Å². The number of carbonyl (C=O) groups excluding carboxylic acids is 1. The molecule has 0 aliphatic carbocycles. The first-order valence-corrected chi connectivity index (χ1v) is 11.8. The maximum atomic E-state index is 13.2. The number of halogens is 1. The summed E-state index contributed by atoms with van der Waals surface area (Å²) in [5.41, 5.74) is 5.03. The summed E-state index contributed by atoms with van der Waals surface area (Å²) in [6, 6.07) is 5.72. The molecule has 2 aromatic rings. The fourth-order valence-corrected chi connectivity index (χ4v) is 3.50. The minimum absolute atomic E-state index is 0.00865. The van der Waals surface area contributed by atoms with Crippen molar-refractivity contribution < 1.29 is 13.9 Å². The second kappa shape index (κ2) is 13.5. The van der Waals surface area contributed by atoms with Crippen LogP contribution in [0.3, 0.4) is 0 Å². The number of nitrogens with one attached hydrogen (secondary N) is 1. The van der Waals surface area contributed by atoms with Gasteiger partial charge in [0, 0.05) is 19.6 Å². The Balaban J connectivity index is 2.15. The molecule has 0 saturated carbocycles. The zero-order valence-corrected chi connectivity index (χ0v) is 20.3. The van der Waals surface area contributed by atoms with Gasteiger partial charge in [-0.05, 0) is 44.2 Å². The van der Waals surface area contributed by atoms with Crippen LogP contribution >= 0.6 is 0 Å². The van der Waals surface area contributed by atoms with Gasteiger partial charge in [0.05, 0.1) is 6.54 Å². The number of anilines is 2. The van der Waals surface area contributed by atoms with Crippen LogP contribution < -0.4 is 26.6 Å². The van der Waals surface area contributed by atoms with Gasteiger partial charge in [-0.25, -0.2) is 9.18 Å². The number of nitrogens with two attached hydrogens (primary N) is 1. The van der Waals surface area contributed by atoms with Crippen LogP contribution in [0.5, 0.6) is 5.75 Å². The van der Waals surface area contributed by atoms with E-state index in [4.69, 9.17) is 10.5 Å². The summed E-state index contributed by atoms with van der Waals surface area (Å²) in [5.74, 6) is -0.0860. The van der Waals surface area contributed by atoms with Crippen LogP contribution in [0.2, 0.25) is 0 Å². The quantitative estimate of drug-likeness (QED) is 0.404. The predicted octanol–water partition coefficient (Wildman–Crippen LogP) is 2.59. The van der Waals surface area contributed by atoms with Crippen LogP contribution in [-0.4, -0.2) is 53.6 Å². The molecule has 3 N–H and O–H groups in total. The summed E-state index contributed by atoms with van der Waals surface area (Å²) >= 11 is 0. The van der Waals surface area contributed by atoms with E-state index in [1.807, 2.05) is 13.8 Å². The Morgan fingerprint density at radius 1 is 1.09 bits per heavy atom. The Bertz CT molecular complexity index is 1040. The molecule has 0 saturated heterocycles. The highest BCUT2D eigenvalue weighted by atomic mass is 19.1. The average molecular weight is 478 g/mol. The van der Waals surface area contributed by atoms with Gasteiger partial charge in [0.2, 0.25) is 5.91 Å². The number of aromatic nitrogens is 2. The van der Waals surface area contributed by atoms with Gasteiger partial charge in [0.15, 0.2) is 5.69 Å². The smallest absolute Gasteiger partial charge is 0.330 e. The average Bonchev–Trinajstić information content (AvgIpc) is 2.79. The lowest BCUT2D eigenvalue weighted by molar-refractivity contribution is -0.119. The van der Waals surface area contributed by atoms with Crippen molar-refractivity contribution in [1.29, 1.82) is 0 Å². The van der Waals surface area contributed by atoms with Crippen LogP contribution in [0.15, 0.2) is 33.9 Å². The van der Waals surface area contributed by atoms with E-state index >= 15 is 0 Å². The number of benzene rings is 1. The van der Waals surface area contributed by atoms with E-state index in [2.05, 4.69) is 4.98 Å². The molecule has 1 heterocycles. The third kappa shape index (κ3) is 7.72. The molecular weight excluding hydrogens is 441 g/mol. The van der Waals surface area contributed by atoms with E-state index in [9.17, 15) is 18.8 Å². The molecule has 0 spiro atoms. The Kier molecular flexibility index (Phi) is 10.8. The first-order chi connectivity index (χ1) is 16.3. The summed E-state index contributed by atoms with van der Waals surface area (Å²) in [6.45, 7) is 5.50. The van der Waals surface area contributed by atoms with Crippen molar-refractivity contribution in [3.05, 3.63) is 50.9 Å². The standard InChI is InChI=1S/C24H36FN5O4/c1-4-6-8-14-29(21-22(26)30(13-7-5-2)24(33)27-23(21)32)20(31)17-28(3)15-16-34-19-11-9-18(25)10-12-19/h9-12H,4-8,13-17,26H2,1-3H3,(H,27,32,33). The van der Waals surface area contributed by atoms with Crippen LogP contribution in [0.25, 0.3) is 0 Å². The van der Waals surface area contributed by atoms with Gasteiger partial charge >= 0.3 is 5.69 Å². The minimum atomic E-state index is -0.664. The van der Waals surface area contributed by atoms with Crippen molar-refractivity contribution in [2.75, 3.05) is 43.9 Å². The molecule has 0 radical (unpaired) electrons. The molecule has 10 heteroatoms. The summed E-state index contributed by atoms with van der Waals surface area (Å²) in [5, 5.41) is 0. The lowest BCUT2D eigenvalue weighted by Crippen LogP contribution is -2.45. The molecule has 0 aliphatic rings. The van der Waals surface area contributed by atoms with Crippen molar-refractivity contribution in [1.82, 2.24) is 14.5 Å². The lowest BCUT2D eigenvalue weighted by Gasteiger charge is -2.27. The largest absolute Gasteiger partial charge is 0.492 e. The van der Waals surface area contributed by atoms with E-state index in [1.165, 1.54) is 21.6 Å². The summed E-state index contributed by atoms with van der Waals surface area (Å²) in [7, 11) is 1.77. The molecule has 0 atom stereocenters. The molecule has 188 valence electrons. The number of aromatic amines is 1. The number of amides is 1. The number of ether oxygens (including phenoxy) is 1. The molecule has 2 rings (SSSR count). The number of likely N-dealkylation sites (N-methyl/N-ethyl adjacent to an activating group) is 1. The van der Waals surface area contributed by atoms with Gasteiger partial charge < -0.3 is 15.4 Å². The van der Waals surface area contributed by atoms with Gasteiger partial charge in [0.1, 0.15) is 24.0 Å². The summed E-state index contributed by atoms with van der Waals surface area (Å²) < 4.78 is 19.9. The Labute approximate surface area is 199 Å². The molecule has 0 bridgehead atoms. The molecule has 1 aromatic heterocycles. The van der Waals surface area contributed by atoms with Crippen molar-refractivity contribution >= 4 is 17.4 Å². The number of H-pyrrole nitrogens is 1. The molecule has 9 nitrogen and oxygen atoms in total. The van der Waals surface area contributed by atoms with Gasteiger partial charge in [-0.2, -0.15) is 0 Å². The number of nitrogens with zero attached hydrogens (tertiary/aromatic N) is 3. The van der Waals surface area contributed by atoms with Crippen LogP contribution in [-0.2, 0) is 11.3 Å². The molecular formula is C24H36FN5O4. The SMILES string of the molecule is CCCCCN(C(=O)CN(C)CCOc1ccc(F)cc1)c1c(N)n(CCCC)c(=O)[nH]c1=O. The summed E-state index contributed by atoms with van der Waals surface area (Å²) in [6.07, 6.45) is 4.11. The molecule has 0 unspecified atom stereocenters. The number of unbranched alkanes of at least 4 members (excludes halogenated alkanes) is 3. The van der Waals surface area contributed by atoms with Crippen molar-refractivity contribution in [2.45, 2.75) is 52.5 Å². The van der Waals surface area contributed by atoms with Crippen molar-refractivity contribution in [3.63, 3.8) is 0 Å². The maximum Gasteiger partial charge on any atom is 0.330 e. The van der Waals surface area contributed by atoms with Gasteiger partial charge in [-0.3, -0.25) is 24.0 Å². The maximum absolute atomic E-state index is 13.2. The zero-order valence-electron chi connectivity index (χ0n) is 20.3. The van der Waals surface area contributed by atoms with E-state index in [1.54, 1.807) is 24.1 Å². The lowest BCUT2D eigenvalue weighted by atomic mass is 10.2. The predicted molar refractivity (Wildman–Crippen MR) is 132 cm³/mol. The molecule has 34 heavy (non-hydrogen) atoms. The number of hydrogen-bond acceptors (Lipinski definition) is 6. The first-order valence-electron chi connectivity index (χ1n) is 11.8. The molecule has 1 aromatic carbocycles. The van der Waals surface area contributed by atoms with E-state index in [-0.39, 0.29) is 29.8 Å². The number of carbonyl (C=O) groups is 1. The van der Waals surface area contributed by atoms with Crippen LogP contribution in [0.4, 0.5) is 15.9 Å². The minimum Gasteiger partial charge on any atom is -0.492 e. The molecule has 0 fully saturated rings. The van der Waals surface area contributed by atoms with Gasteiger partial charge in [0.25, 0.3) is 5.56 Å².